The fourth-order valence-corrected chi connectivity index (χ4v) is 3.78. The van der Waals surface area contributed by atoms with Crippen molar-refractivity contribution < 1.29 is 39.3 Å². The summed E-state index contributed by atoms with van der Waals surface area (Å²) < 4.78 is 0. The van der Waals surface area contributed by atoms with Crippen LogP contribution < -0.4 is 27.4 Å². The highest BCUT2D eigenvalue weighted by atomic mass is 16.4. The van der Waals surface area contributed by atoms with Gasteiger partial charge in [-0.05, 0) is 37.4 Å². The van der Waals surface area contributed by atoms with Crippen LogP contribution in [0.5, 0.6) is 0 Å². The molecule has 4 atom stereocenters. The molecule has 2 aromatic rings. The third-order valence-corrected chi connectivity index (χ3v) is 5.84. The number of hydrogen-bond acceptors (Lipinski definition) is 8. The number of carboxylic acid groups (broad SMARTS) is 2. The predicted octanol–water partition coefficient (Wildman–Crippen LogP) is -1.83. The summed E-state index contributed by atoms with van der Waals surface area (Å²) in [6.45, 7) is -0.519. The van der Waals surface area contributed by atoms with Crippen LogP contribution >= 0.6 is 0 Å². The summed E-state index contributed by atoms with van der Waals surface area (Å²) in [4.78, 5) is 63.7. The molecule has 0 aliphatic rings. The van der Waals surface area contributed by atoms with Gasteiger partial charge >= 0.3 is 11.9 Å². The SMILES string of the molecule is NCCCCC(NC(=O)C(N)CC(=O)O)C(=O)NC(CO)C(=O)NC(Cc1c[nH]c2ccccc12)C(=O)O. The number of nitrogens with two attached hydrogens (primary N) is 2. The van der Waals surface area contributed by atoms with Gasteiger partial charge in [-0.1, -0.05) is 18.2 Å². The molecule has 0 aliphatic heterocycles. The molecular weight excluding hydrogens is 500 g/mol. The molecule has 0 saturated carbocycles. The Balaban J connectivity index is 2.09. The Morgan fingerprint density at radius 3 is 2.16 bits per heavy atom. The van der Waals surface area contributed by atoms with Gasteiger partial charge in [0.05, 0.1) is 19.1 Å². The summed E-state index contributed by atoms with van der Waals surface area (Å²) in [5.74, 6) is -5.27. The number of carbonyl (C=O) groups excluding carboxylic acids is 3. The van der Waals surface area contributed by atoms with E-state index >= 15 is 0 Å². The van der Waals surface area contributed by atoms with Gasteiger partial charge in [-0.25, -0.2) is 4.79 Å². The third kappa shape index (κ3) is 8.83. The first-order chi connectivity index (χ1) is 18.1. The fourth-order valence-electron chi connectivity index (χ4n) is 3.78. The summed E-state index contributed by atoms with van der Waals surface area (Å²) in [6.07, 6.45) is 1.98. The molecule has 0 aliphatic carbocycles. The molecule has 14 heteroatoms. The Labute approximate surface area is 218 Å². The number of para-hydroxylation sites is 1. The molecule has 1 heterocycles. The summed E-state index contributed by atoms with van der Waals surface area (Å²) in [5.41, 5.74) is 12.5. The minimum absolute atomic E-state index is 0.0591. The lowest BCUT2D eigenvalue weighted by Gasteiger charge is -2.24. The quantitative estimate of drug-likeness (QED) is 0.109. The zero-order chi connectivity index (χ0) is 28.2. The lowest BCUT2D eigenvalue weighted by Crippen LogP contribution is -2.58. The Morgan fingerprint density at radius 1 is 0.895 bits per heavy atom. The summed E-state index contributed by atoms with van der Waals surface area (Å²) in [6, 6.07) is 1.76. The van der Waals surface area contributed by atoms with Crippen molar-refractivity contribution in [1.29, 1.82) is 0 Å². The van der Waals surface area contributed by atoms with Crippen molar-refractivity contribution in [2.75, 3.05) is 13.2 Å². The standard InChI is InChI=1S/C24H34N6O8/c25-8-4-3-7-17(28-21(34)15(26)10-20(32)33)22(35)30-19(12-31)23(36)29-18(24(37)38)9-13-11-27-16-6-2-1-5-14(13)16/h1-2,5-6,11,15,17-19,27,31H,3-4,7-10,12,25-26H2,(H,28,34)(H,29,36)(H,30,35)(H,32,33)(H,37,38). The highest BCUT2D eigenvalue weighted by Crippen LogP contribution is 2.19. The number of aromatic amines is 1. The molecule has 0 fully saturated rings. The van der Waals surface area contributed by atoms with E-state index in [1.807, 2.05) is 12.1 Å². The van der Waals surface area contributed by atoms with Crippen LogP contribution in [0.3, 0.4) is 0 Å². The number of amides is 3. The zero-order valence-electron chi connectivity index (χ0n) is 20.7. The summed E-state index contributed by atoms with van der Waals surface area (Å²) >= 11 is 0. The van der Waals surface area contributed by atoms with Crippen molar-refractivity contribution in [3.63, 3.8) is 0 Å². The maximum atomic E-state index is 12.9. The largest absolute Gasteiger partial charge is 0.481 e. The van der Waals surface area contributed by atoms with Gasteiger partial charge in [-0.3, -0.25) is 19.2 Å². The molecule has 1 aromatic heterocycles. The number of carboxylic acids is 2. The molecule has 0 saturated heterocycles. The first-order valence-corrected chi connectivity index (χ1v) is 12.0. The molecule has 1 aromatic carbocycles. The molecule has 14 nitrogen and oxygen atoms in total. The van der Waals surface area contributed by atoms with Gasteiger partial charge < -0.3 is 47.7 Å². The van der Waals surface area contributed by atoms with E-state index in [9.17, 15) is 34.2 Å². The van der Waals surface area contributed by atoms with Crippen LogP contribution in [0.2, 0.25) is 0 Å². The van der Waals surface area contributed by atoms with E-state index in [1.54, 1.807) is 18.3 Å². The number of carbonyl (C=O) groups is 5. The van der Waals surface area contributed by atoms with E-state index in [1.165, 1.54) is 0 Å². The Kier molecular flexibility index (Phi) is 11.7. The van der Waals surface area contributed by atoms with Crippen molar-refractivity contribution in [3.05, 3.63) is 36.0 Å². The number of aliphatic hydroxyl groups excluding tert-OH is 1. The van der Waals surface area contributed by atoms with Crippen LogP contribution in [0.4, 0.5) is 0 Å². The van der Waals surface area contributed by atoms with Gasteiger partial charge in [0.2, 0.25) is 17.7 Å². The molecule has 38 heavy (non-hydrogen) atoms. The lowest BCUT2D eigenvalue weighted by molar-refractivity contribution is -0.142. The number of fused-ring (bicyclic) bond motifs is 1. The molecule has 3 amide bonds. The number of aliphatic hydroxyl groups is 1. The normalized spacial score (nSPS) is 14.2. The van der Waals surface area contributed by atoms with Crippen molar-refractivity contribution in [1.82, 2.24) is 20.9 Å². The summed E-state index contributed by atoms with van der Waals surface area (Å²) in [5, 5.41) is 36.0. The van der Waals surface area contributed by atoms with Crippen molar-refractivity contribution >= 4 is 40.6 Å². The number of rotatable bonds is 16. The average molecular weight is 535 g/mol. The number of nitrogens with one attached hydrogen (secondary N) is 4. The molecule has 0 spiro atoms. The second-order valence-electron chi connectivity index (χ2n) is 8.76. The molecule has 0 radical (unpaired) electrons. The molecule has 4 unspecified atom stereocenters. The van der Waals surface area contributed by atoms with Gasteiger partial charge in [0.1, 0.15) is 18.1 Å². The van der Waals surface area contributed by atoms with Crippen LogP contribution in [0.15, 0.2) is 30.5 Å². The first kappa shape index (κ1) is 30.2. The number of unbranched alkanes of at least 4 members (excludes halogenated alkanes) is 1. The number of hydrogen-bond donors (Lipinski definition) is 9. The molecular formula is C24H34N6O8. The Bertz CT molecular complexity index is 1140. The van der Waals surface area contributed by atoms with Crippen LogP contribution in [-0.4, -0.2) is 87.3 Å². The van der Waals surface area contributed by atoms with Gasteiger partial charge in [0, 0.05) is 23.5 Å². The lowest BCUT2D eigenvalue weighted by atomic mass is 10.0. The highest BCUT2D eigenvalue weighted by molar-refractivity contribution is 5.95. The molecule has 11 N–H and O–H groups in total. The predicted molar refractivity (Wildman–Crippen MR) is 136 cm³/mol. The Morgan fingerprint density at radius 2 is 1.53 bits per heavy atom. The maximum absolute atomic E-state index is 12.9. The number of aromatic nitrogens is 1. The van der Waals surface area contributed by atoms with Gasteiger partial charge in [0.25, 0.3) is 0 Å². The van der Waals surface area contributed by atoms with E-state index in [0.717, 1.165) is 10.9 Å². The van der Waals surface area contributed by atoms with E-state index in [2.05, 4.69) is 20.9 Å². The average Bonchev–Trinajstić information content (AvgIpc) is 3.28. The van der Waals surface area contributed by atoms with E-state index in [4.69, 9.17) is 16.6 Å². The minimum Gasteiger partial charge on any atom is -0.481 e. The topological polar surface area (TPSA) is 250 Å². The second kappa shape index (κ2) is 14.7. The monoisotopic (exact) mass is 534 g/mol. The van der Waals surface area contributed by atoms with E-state index < -0.39 is 66.9 Å². The van der Waals surface area contributed by atoms with Crippen LogP contribution in [0, 0.1) is 0 Å². The first-order valence-electron chi connectivity index (χ1n) is 12.0. The smallest absolute Gasteiger partial charge is 0.326 e. The number of H-pyrrole nitrogens is 1. The third-order valence-electron chi connectivity index (χ3n) is 5.84. The van der Waals surface area contributed by atoms with Gasteiger partial charge in [0.15, 0.2) is 0 Å². The summed E-state index contributed by atoms with van der Waals surface area (Å²) in [7, 11) is 0. The van der Waals surface area contributed by atoms with E-state index in [-0.39, 0.29) is 12.8 Å². The van der Waals surface area contributed by atoms with Crippen molar-refractivity contribution in [3.8, 4) is 0 Å². The van der Waals surface area contributed by atoms with Gasteiger partial charge in [-0.2, -0.15) is 0 Å². The Hall–Kier alpha value is -4.01. The fraction of sp³-hybridized carbons (Fsp3) is 0.458. The van der Waals surface area contributed by atoms with E-state index in [0.29, 0.717) is 24.9 Å². The van der Waals surface area contributed by atoms with Crippen LogP contribution in [0.1, 0.15) is 31.2 Å². The number of aliphatic carboxylic acids is 2. The second-order valence-corrected chi connectivity index (χ2v) is 8.76. The maximum Gasteiger partial charge on any atom is 0.326 e. The molecule has 208 valence electrons. The molecule has 0 bridgehead atoms. The van der Waals surface area contributed by atoms with Crippen molar-refractivity contribution in [2.45, 2.75) is 56.3 Å². The van der Waals surface area contributed by atoms with Crippen molar-refractivity contribution in [2.24, 2.45) is 11.5 Å². The number of benzene rings is 1. The minimum atomic E-state index is -1.52. The molecule has 2 rings (SSSR count). The van der Waals surface area contributed by atoms with Gasteiger partial charge in [-0.15, -0.1) is 0 Å². The highest BCUT2D eigenvalue weighted by Gasteiger charge is 2.30. The van der Waals surface area contributed by atoms with Crippen LogP contribution in [0.25, 0.3) is 10.9 Å². The van der Waals surface area contributed by atoms with Crippen LogP contribution in [-0.2, 0) is 30.4 Å². The zero-order valence-corrected chi connectivity index (χ0v) is 20.7.